The standard InChI is InChI=1S/C16H35N5O2/c1-13(2)21(14(3)4)10-8-17-16(18-9-11-23-7)19-12-15(22)20(5)6/h13-14H,8-12H2,1-7H3,(H2,17,18,19). The molecule has 0 aliphatic rings. The van der Waals surface area contributed by atoms with Crippen molar-refractivity contribution in [1.29, 1.82) is 0 Å². The number of likely N-dealkylation sites (N-methyl/N-ethyl adjacent to an activating group) is 1. The van der Waals surface area contributed by atoms with Gasteiger partial charge < -0.3 is 20.3 Å². The number of aliphatic imine (C=N–C) groups is 1. The molecule has 0 atom stereocenters. The van der Waals surface area contributed by atoms with Crippen molar-refractivity contribution in [2.45, 2.75) is 39.8 Å². The lowest BCUT2D eigenvalue weighted by atomic mass is 10.2. The summed E-state index contributed by atoms with van der Waals surface area (Å²) in [7, 11) is 5.11. The lowest BCUT2D eigenvalue weighted by Crippen LogP contribution is -2.46. The highest BCUT2D eigenvalue weighted by molar-refractivity contribution is 5.84. The molecule has 1 amide bonds. The van der Waals surface area contributed by atoms with E-state index in [4.69, 9.17) is 4.74 Å². The molecule has 2 N–H and O–H groups in total. The number of hydrogen-bond donors (Lipinski definition) is 2. The van der Waals surface area contributed by atoms with Crippen molar-refractivity contribution in [2.75, 3.05) is 54.0 Å². The number of nitrogens with one attached hydrogen (secondary N) is 2. The van der Waals surface area contributed by atoms with Gasteiger partial charge in [0.25, 0.3) is 0 Å². The Kier molecular flexibility index (Phi) is 11.4. The molecule has 0 saturated heterocycles. The van der Waals surface area contributed by atoms with Crippen molar-refractivity contribution < 1.29 is 9.53 Å². The molecule has 23 heavy (non-hydrogen) atoms. The van der Waals surface area contributed by atoms with Gasteiger partial charge in [-0.1, -0.05) is 0 Å². The van der Waals surface area contributed by atoms with Crippen LogP contribution in [0.2, 0.25) is 0 Å². The smallest absolute Gasteiger partial charge is 0.243 e. The number of carbonyl (C=O) groups is 1. The second-order valence-corrected chi connectivity index (χ2v) is 6.22. The molecule has 0 unspecified atom stereocenters. The Labute approximate surface area is 141 Å². The topological polar surface area (TPSA) is 69.2 Å². The Hall–Kier alpha value is -1.34. The van der Waals surface area contributed by atoms with Crippen molar-refractivity contribution in [1.82, 2.24) is 20.4 Å². The van der Waals surface area contributed by atoms with Crippen molar-refractivity contribution in [2.24, 2.45) is 4.99 Å². The van der Waals surface area contributed by atoms with E-state index in [-0.39, 0.29) is 12.5 Å². The second-order valence-electron chi connectivity index (χ2n) is 6.22. The summed E-state index contributed by atoms with van der Waals surface area (Å²) in [6.07, 6.45) is 0. The van der Waals surface area contributed by atoms with Crippen LogP contribution in [0.3, 0.4) is 0 Å². The van der Waals surface area contributed by atoms with Crippen LogP contribution in [0.15, 0.2) is 4.99 Å². The minimum absolute atomic E-state index is 0.0242. The number of hydrogen-bond acceptors (Lipinski definition) is 4. The molecular weight excluding hydrogens is 294 g/mol. The summed E-state index contributed by atoms with van der Waals surface area (Å²) in [5.41, 5.74) is 0. The first kappa shape index (κ1) is 21.7. The minimum atomic E-state index is -0.0242. The van der Waals surface area contributed by atoms with Gasteiger partial charge in [0.2, 0.25) is 5.91 Å². The molecule has 0 aromatic rings. The van der Waals surface area contributed by atoms with E-state index in [1.54, 1.807) is 21.2 Å². The van der Waals surface area contributed by atoms with Gasteiger partial charge >= 0.3 is 0 Å². The maximum atomic E-state index is 11.7. The molecule has 0 spiro atoms. The van der Waals surface area contributed by atoms with Crippen LogP contribution in [0.1, 0.15) is 27.7 Å². The van der Waals surface area contributed by atoms with Gasteiger partial charge in [-0.2, -0.15) is 0 Å². The molecular formula is C16H35N5O2. The first-order chi connectivity index (χ1) is 10.8. The zero-order chi connectivity index (χ0) is 17.8. The van der Waals surface area contributed by atoms with E-state index in [9.17, 15) is 4.79 Å². The third kappa shape index (κ3) is 10.1. The largest absolute Gasteiger partial charge is 0.383 e. The summed E-state index contributed by atoms with van der Waals surface area (Å²) in [5.74, 6) is 0.619. The van der Waals surface area contributed by atoms with E-state index in [2.05, 4.69) is 48.2 Å². The van der Waals surface area contributed by atoms with Gasteiger partial charge in [-0.3, -0.25) is 9.69 Å². The molecule has 0 bridgehead atoms. The van der Waals surface area contributed by atoms with Crippen LogP contribution in [0, 0.1) is 0 Å². The molecule has 0 heterocycles. The highest BCUT2D eigenvalue weighted by Gasteiger charge is 2.12. The summed E-state index contributed by atoms with van der Waals surface area (Å²) >= 11 is 0. The van der Waals surface area contributed by atoms with Crippen LogP contribution in [0.5, 0.6) is 0 Å². The normalized spacial score (nSPS) is 12.2. The van der Waals surface area contributed by atoms with Crippen LogP contribution in [-0.4, -0.2) is 87.7 Å². The highest BCUT2D eigenvalue weighted by atomic mass is 16.5. The lowest BCUT2D eigenvalue weighted by molar-refractivity contribution is -0.127. The maximum Gasteiger partial charge on any atom is 0.243 e. The van der Waals surface area contributed by atoms with E-state index < -0.39 is 0 Å². The second kappa shape index (κ2) is 12.1. The van der Waals surface area contributed by atoms with Crippen molar-refractivity contribution in [3.8, 4) is 0 Å². The van der Waals surface area contributed by atoms with Crippen molar-refractivity contribution in [3.05, 3.63) is 0 Å². The summed E-state index contributed by atoms with van der Waals surface area (Å²) < 4.78 is 5.03. The van der Waals surface area contributed by atoms with Gasteiger partial charge in [-0.05, 0) is 27.7 Å². The average Bonchev–Trinajstić information content (AvgIpc) is 2.47. The van der Waals surface area contributed by atoms with Crippen LogP contribution in [0.25, 0.3) is 0 Å². The fourth-order valence-corrected chi connectivity index (χ4v) is 2.15. The monoisotopic (exact) mass is 329 g/mol. The third-order valence-electron chi connectivity index (χ3n) is 3.46. The van der Waals surface area contributed by atoms with Crippen molar-refractivity contribution >= 4 is 11.9 Å². The molecule has 0 saturated carbocycles. The van der Waals surface area contributed by atoms with Gasteiger partial charge in [0.15, 0.2) is 5.96 Å². The fourth-order valence-electron chi connectivity index (χ4n) is 2.15. The van der Waals surface area contributed by atoms with Crippen LogP contribution in [0.4, 0.5) is 0 Å². The van der Waals surface area contributed by atoms with E-state index in [1.807, 2.05) is 0 Å². The molecule has 0 aromatic heterocycles. The Balaban J connectivity index is 4.50. The third-order valence-corrected chi connectivity index (χ3v) is 3.46. The SMILES string of the molecule is COCCNC(=NCC(=O)N(C)C)NCCN(C(C)C)C(C)C. The summed E-state index contributed by atoms with van der Waals surface area (Å²) in [4.78, 5) is 19.9. The zero-order valence-corrected chi connectivity index (χ0v) is 15.8. The minimum Gasteiger partial charge on any atom is -0.383 e. The first-order valence-electron chi connectivity index (χ1n) is 8.26. The molecule has 0 aliphatic heterocycles. The first-order valence-corrected chi connectivity index (χ1v) is 8.26. The Bertz CT molecular complexity index is 348. The quantitative estimate of drug-likeness (QED) is 0.344. The number of methoxy groups -OCH3 is 1. The fraction of sp³-hybridized carbons (Fsp3) is 0.875. The van der Waals surface area contributed by atoms with Gasteiger partial charge in [-0.25, -0.2) is 4.99 Å². The average molecular weight is 329 g/mol. The number of guanidine groups is 1. The van der Waals surface area contributed by atoms with E-state index in [0.29, 0.717) is 31.2 Å². The molecule has 7 heteroatoms. The van der Waals surface area contributed by atoms with E-state index in [1.165, 1.54) is 4.90 Å². The number of amides is 1. The number of rotatable bonds is 10. The Morgan fingerprint density at radius 3 is 2.13 bits per heavy atom. The number of carbonyl (C=O) groups excluding carboxylic acids is 1. The molecule has 0 fully saturated rings. The van der Waals surface area contributed by atoms with E-state index >= 15 is 0 Å². The summed E-state index contributed by atoms with van der Waals surface area (Å²) in [6.45, 7) is 11.8. The predicted molar refractivity (Wildman–Crippen MR) is 95.9 cm³/mol. The molecule has 0 aromatic carbocycles. The molecule has 0 radical (unpaired) electrons. The van der Waals surface area contributed by atoms with Gasteiger partial charge in [0, 0.05) is 52.9 Å². The van der Waals surface area contributed by atoms with Crippen LogP contribution >= 0.6 is 0 Å². The Morgan fingerprint density at radius 1 is 1.09 bits per heavy atom. The molecule has 0 rings (SSSR count). The van der Waals surface area contributed by atoms with E-state index in [0.717, 1.165) is 13.1 Å². The van der Waals surface area contributed by atoms with Crippen LogP contribution < -0.4 is 10.6 Å². The zero-order valence-electron chi connectivity index (χ0n) is 15.8. The summed E-state index contributed by atoms with van der Waals surface area (Å²) in [5, 5.41) is 6.46. The lowest BCUT2D eigenvalue weighted by Gasteiger charge is -2.30. The van der Waals surface area contributed by atoms with Gasteiger partial charge in [0.1, 0.15) is 6.54 Å². The highest BCUT2D eigenvalue weighted by Crippen LogP contribution is 2.03. The predicted octanol–water partition coefficient (Wildman–Crippen LogP) is 0.375. The Morgan fingerprint density at radius 2 is 1.65 bits per heavy atom. The van der Waals surface area contributed by atoms with Crippen LogP contribution in [-0.2, 0) is 9.53 Å². The molecule has 7 nitrogen and oxygen atoms in total. The van der Waals surface area contributed by atoms with Crippen molar-refractivity contribution in [3.63, 3.8) is 0 Å². The summed E-state index contributed by atoms with van der Waals surface area (Å²) in [6, 6.07) is 0.989. The number of ether oxygens (including phenoxy) is 1. The molecule has 0 aliphatic carbocycles. The van der Waals surface area contributed by atoms with Gasteiger partial charge in [-0.15, -0.1) is 0 Å². The molecule has 136 valence electrons. The number of nitrogens with zero attached hydrogens (tertiary/aromatic N) is 3. The van der Waals surface area contributed by atoms with Gasteiger partial charge in [0.05, 0.1) is 6.61 Å². The maximum absolute atomic E-state index is 11.7.